The third kappa shape index (κ3) is 5.01. The van der Waals surface area contributed by atoms with Crippen molar-refractivity contribution >= 4 is 40.6 Å². The molecule has 0 spiro atoms. The lowest BCUT2D eigenvalue weighted by atomic mass is 10.2. The Balaban J connectivity index is 1.58. The van der Waals surface area contributed by atoms with Crippen molar-refractivity contribution in [1.82, 2.24) is 15.0 Å². The number of hydrogen-bond donors (Lipinski definition) is 2. The van der Waals surface area contributed by atoms with Crippen molar-refractivity contribution in [2.45, 2.75) is 32.5 Å². The van der Waals surface area contributed by atoms with Crippen LogP contribution in [0.25, 0.3) is 11.0 Å². The lowest BCUT2D eigenvalue weighted by Crippen LogP contribution is -3.06. The van der Waals surface area contributed by atoms with Crippen molar-refractivity contribution in [3.8, 4) is 5.75 Å². The second kappa shape index (κ2) is 10.3. The molecule has 1 aromatic heterocycles. The van der Waals surface area contributed by atoms with Crippen molar-refractivity contribution in [3.63, 3.8) is 0 Å². The second-order valence-electron chi connectivity index (χ2n) is 6.77. The van der Waals surface area contributed by atoms with Gasteiger partial charge in [0.2, 0.25) is 0 Å². The molecule has 0 saturated heterocycles. The highest BCUT2D eigenvalue weighted by Crippen LogP contribution is 2.23. The van der Waals surface area contributed by atoms with Crippen molar-refractivity contribution in [1.29, 1.82) is 0 Å². The number of imidazole rings is 1. The van der Waals surface area contributed by atoms with Crippen molar-refractivity contribution in [2.24, 2.45) is 5.10 Å². The summed E-state index contributed by atoms with van der Waals surface area (Å²) < 4.78 is 2.08. The van der Waals surface area contributed by atoms with Crippen LogP contribution >= 0.6 is 11.8 Å². The molecule has 0 radical (unpaired) electrons. The minimum atomic E-state index is -0.248. The van der Waals surface area contributed by atoms with Gasteiger partial charge in [-0.15, -0.1) is 0 Å². The van der Waals surface area contributed by atoms with E-state index in [1.54, 1.807) is 12.1 Å². The first-order valence-corrected chi connectivity index (χ1v) is 11.1. The summed E-state index contributed by atoms with van der Waals surface area (Å²) in [6.45, 7) is 8.84. The zero-order valence-electron chi connectivity index (χ0n) is 17.5. The van der Waals surface area contributed by atoms with Gasteiger partial charge in [0.25, 0.3) is 5.91 Å². The highest BCUT2D eigenvalue weighted by atomic mass is 32.2. The Morgan fingerprint density at radius 1 is 1.23 bits per heavy atom. The molecule has 3 aromatic rings. The van der Waals surface area contributed by atoms with E-state index in [0.717, 1.165) is 41.5 Å². The molecule has 30 heavy (non-hydrogen) atoms. The first kappa shape index (κ1) is 21.9. The van der Waals surface area contributed by atoms with Crippen LogP contribution in [0.2, 0.25) is 0 Å². The van der Waals surface area contributed by atoms with Crippen LogP contribution in [0, 0.1) is 0 Å². The molecule has 0 bridgehead atoms. The van der Waals surface area contributed by atoms with E-state index in [-0.39, 0.29) is 17.4 Å². The molecule has 8 heteroatoms. The highest BCUT2D eigenvalue weighted by molar-refractivity contribution is 7.99. The van der Waals surface area contributed by atoms with Crippen molar-refractivity contribution < 1.29 is 14.8 Å². The van der Waals surface area contributed by atoms with E-state index in [2.05, 4.69) is 40.8 Å². The number of amides is 1. The predicted molar refractivity (Wildman–Crippen MR) is 119 cm³/mol. The van der Waals surface area contributed by atoms with E-state index < -0.39 is 0 Å². The number of carbonyl (C=O) groups excluding carboxylic acids is 1. The first-order valence-electron chi connectivity index (χ1n) is 10.1. The summed E-state index contributed by atoms with van der Waals surface area (Å²) in [5.74, 6) is -0.159. The predicted octanol–water partition coefficient (Wildman–Crippen LogP) is 1.93. The molecule has 1 heterocycles. The van der Waals surface area contributed by atoms with Crippen molar-refractivity contribution in [3.05, 3.63) is 48.0 Å². The summed E-state index contributed by atoms with van der Waals surface area (Å²) >= 11 is 1.37. The SMILES string of the molecule is CCn1c(SCC(=O)N/N=C/c2ccc([NH+](CC)CC)cc2[O-])nc2ccccc21. The lowest BCUT2D eigenvalue weighted by molar-refractivity contribution is -0.828. The van der Waals surface area contributed by atoms with Gasteiger partial charge in [0.15, 0.2) is 5.16 Å². The number of aromatic nitrogens is 2. The Bertz CT molecular complexity index is 1040. The summed E-state index contributed by atoms with van der Waals surface area (Å²) in [6.07, 6.45) is 1.40. The number of nitrogens with zero attached hydrogens (tertiary/aromatic N) is 3. The van der Waals surface area contributed by atoms with Crippen LogP contribution in [0.4, 0.5) is 5.69 Å². The van der Waals surface area contributed by atoms with Crippen molar-refractivity contribution in [2.75, 3.05) is 18.8 Å². The van der Waals surface area contributed by atoms with Gasteiger partial charge in [-0.05, 0) is 56.7 Å². The molecule has 2 aromatic carbocycles. The molecule has 0 saturated carbocycles. The Hall–Kier alpha value is -2.84. The molecular formula is C22H27N5O2S. The number of fused-ring (bicyclic) bond motifs is 1. The number of hydrazone groups is 1. The van der Waals surface area contributed by atoms with Gasteiger partial charge in [0, 0.05) is 6.54 Å². The average molecular weight is 426 g/mol. The minimum Gasteiger partial charge on any atom is -0.872 e. The molecular weight excluding hydrogens is 398 g/mol. The van der Waals surface area contributed by atoms with Crippen LogP contribution in [0.5, 0.6) is 5.75 Å². The molecule has 0 aliphatic rings. The maximum absolute atomic E-state index is 12.3. The maximum atomic E-state index is 12.3. The third-order valence-corrected chi connectivity index (χ3v) is 5.91. The van der Waals surface area contributed by atoms with Gasteiger partial charge in [0.1, 0.15) is 5.69 Å². The topological polar surface area (TPSA) is 86.8 Å². The molecule has 0 unspecified atom stereocenters. The summed E-state index contributed by atoms with van der Waals surface area (Å²) in [6, 6.07) is 13.2. The zero-order valence-corrected chi connectivity index (χ0v) is 18.3. The Kier molecular flexibility index (Phi) is 7.48. The number of rotatable bonds is 9. The highest BCUT2D eigenvalue weighted by Gasteiger charge is 2.11. The Morgan fingerprint density at radius 2 is 2.00 bits per heavy atom. The number of benzene rings is 2. The standard InChI is InChI=1S/C22H27N5O2S/c1-4-26(5-2)17-12-11-16(20(28)13-17)14-23-25-21(29)15-30-22-24-18-9-7-8-10-19(18)27(22)6-3/h7-14,28H,4-6,15H2,1-3H3,(H,25,29)/b23-14+. The van der Waals surface area contributed by atoms with Crippen LogP contribution in [0.15, 0.2) is 52.7 Å². The molecule has 2 N–H and O–H groups in total. The van der Waals surface area contributed by atoms with Gasteiger partial charge >= 0.3 is 0 Å². The number of nitrogens with one attached hydrogen (secondary N) is 2. The van der Waals surface area contributed by atoms with Crippen LogP contribution in [-0.2, 0) is 11.3 Å². The molecule has 3 rings (SSSR count). The fourth-order valence-corrected chi connectivity index (χ4v) is 4.20. The monoisotopic (exact) mass is 425 g/mol. The number of para-hydroxylation sites is 2. The zero-order chi connectivity index (χ0) is 21.5. The van der Waals surface area contributed by atoms with Gasteiger partial charge in [-0.25, -0.2) is 10.4 Å². The average Bonchev–Trinajstić information content (AvgIpc) is 3.12. The van der Waals surface area contributed by atoms with Gasteiger partial charge in [0.05, 0.1) is 36.1 Å². The lowest BCUT2D eigenvalue weighted by Gasteiger charge is -2.18. The van der Waals surface area contributed by atoms with Gasteiger partial charge in [-0.1, -0.05) is 29.6 Å². The number of carbonyl (C=O) groups is 1. The van der Waals surface area contributed by atoms with Crippen LogP contribution < -0.4 is 15.4 Å². The minimum absolute atomic E-state index is 0.101. The van der Waals surface area contributed by atoms with E-state index in [1.807, 2.05) is 30.3 Å². The van der Waals surface area contributed by atoms with E-state index in [9.17, 15) is 9.90 Å². The Labute approximate surface area is 180 Å². The fraction of sp³-hybridized carbons (Fsp3) is 0.318. The normalized spacial score (nSPS) is 11.6. The van der Waals surface area contributed by atoms with Gasteiger partial charge in [-0.2, -0.15) is 5.10 Å². The van der Waals surface area contributed by atoms with Crippen LogP contribution in [-0.4, -0.2) is 40.5 Å². The summed E-state index contributed by atoms with van der Waals surface area (Å²) in [7, 11) is 0. The van der Waals surface area contributed by atoms with E-state index in [4.69, 9.17) is 0 Å². The van der Waals surface area contributed by atoms with E-state index in [0.29, 0.717) is 5.56 Å². The molecule has 158 valence electrons. The number of quaternary nitrogens is 1. The van der Waals surface area contributed by atoms with Gasteiger partial charge in [-0.3, -0.25) is 4.79 Å². The quantitative estimate of drug-likeness (QED) is 0.312. The van der Waals surface area contributed by atoms with Crippen LogP contribution in [0.3, 0.4) is 0 Å². The number of thioether (sulfide) groups is 1. The largest absolute Gasteiger partial charge is 0.872 e. The van der Waals surface area contributed by atoms with E-state index in [1.165, 1.54) is 22.9 Å². The Morgan fingerprint density at radius 3 is 2.70 bits per heavy atom. The molecule has 0 aliphatic carbocycles. The van der Waals surface area contributed by atoms with Gasteiger partial charge < -0.3 is 14.6 Å². The number of hydrogen-bond acceptors (Lipinski definition) is 5. The smallest absolute Gasteiger partial charge is 0.250 e. The summed E-state index contributed by atoms with van der Waals surface area (Å²) in [5.41, 5.74) is 5.88. The molecule has 0 aliphatic heterocycles. The summed E-state index contributed by atoms with van der Waals surface area (Å²) in [4.78, 5) is 18.0. The van der Waals surface area contributed by atoms with E-state index >= 15 is 0 Å². The molecule has 0 atom stereocenters. The fourth-order valence-electron chi connectivity index (χ4n) is 3.32. The second-order valence-corrected chi connectivity index (χ2v) is 7.71. The summed E-state index contributed by atoms with van der Waals surface area (Å²) in [5, 5.41) is 17.0. The molecule has 0 fully saturated rings. The maximum Gasteiger partial charge on any atom is 0.250 e. The first-order chi connectivity index (χ1) is 14.6. The number of aryl methyl sites for hydroxylation is 1. The van der Waals surface area contributed by atoms with Crippen LogP contribution in [0.1, 0.15) is 26.3 Å². The third-order valence-electron chi connectivity index (χ3n) is 4.94. The molecule has 1 amide bonds. The molecule has 7 nitrogen and oxygen atoms in total.